The number of carboxylic acids is 1. The molecule has 2 N–H and O–H groups in total. The summed E-state index contributed by atoms with van der Waals surface area (Å²) in [6, 6.07) is 20.5. The van der Waals surface area contributed by atoms with Crippen molar-refractivity contribution in [2.24, 2.45) is 0 Å². The van der Waals surface area contributed by atoms with Crippen LogP contribution in [0.25, 0.3) is 11.1 Å². The van der Waals surface area contributed by atoms with Crippen LogP contribution in [0.1, 0.15) is 80.1 Å². The maximum Gasteiger partial charge on any atom is 0.303 e. The van der Waals surface area contributed by atoms with E-state index in [1.54, 1.807) is 60.7 Å². The summed E-state index contributed by atoms with van der Waals surface area (Å²) in [4.78, 5) is 23.7. The lowest BCUT2D eigenvalue weighted by molar-refractivity contribution is -0.137. The number of hydrogen-bond donors (Lipinski definition) is 2. The number of benzene rings is 3. The van der Waals surface area contributed by atoms with Crippen molar-refractivity contribution in [3.8, 4) is 11.1 Å². The first-order valence-electron chi connectivity index (χ1n) is 13.5. The zero-order valence-electron chi connectivity index (χ0n) is 22.1. The molecule has 0 amide bonds. The molecule has 0 unspecified atom stereocenters. The second kappa shape index (κ2) is 15.6. The highest BCUT2D eigenvalue weighted by Crippen LogP contribution is 2.31. The Balaban J connectivity index is 1.58. The highest BCUT2D eigenvalue weighted by Gasteiger charge is 2.21. The quantitative estimate of drug-likeness (QED) is 0.129. The summed E-state index contributed by atoms with van der Waals surface area (Å²) in [5.41, 5.74) is 1.97. The molecule has 0 aliphatic rings. The van der Waals surface area contributed by atoms with Crippen molar-refractivity contribution in [3.63, 3.8) is 0 Å². The molecule has 39 heavy (non-hydrogen) atoms. The van der Waals surface area contributed by atoms with Gasteiger partial charge in [0.05, 0.1) is 4.90 Å². The second-order valence-electron chi connectivity index (χ2n) is 9.64. The lowest BCUT2D eigenvalue weighted by atomic mass is 9.98. The number of aliphatic carboxylic acids is 1. The van der Waals surface area contributed by atoms with Gasteiger partial charge in [0.15, 0.2) is 5.78 Å². The summed E-state index contributed by atoms with van der Waals surface area (Å²) in [7, 11) is -3.82. The second-order valence-corrected chi connectivity index (χ2v) is 11.8. The summed E-state index contributed by atoms with van der Waals surface area (Å²) in [6.45, 7) is 0.331. The molecule has 0 heterocycles. The molecule has 3 aromatic rings. The highest BCUT2D eigenvalue weighted by molar-refractivity contribution is 7.89. The Morgan fingerprint density at radius 2 is 1.36 bits per heavy atom. The Bertz CT molecular complexity index is 1340. The van der Waals surface area contributed by atoms with E-state index in [2.05, 4.69) is 4.72 Å². The van der Waals surface area contributed by atoms with E-state index >= 15 is 0 Å². The average Bonchev–Trinajstić information content (AvgIpc) is 2.93. The molecule has 0 spiro atoms. The number of carboxylic acid groups (broad SMARTS) is 1. The molecule has 208 valence electrons. The van der Waals surface area contributed by atoms with E-state index in [1.807, 2.05) is 6.07 Å². The van der Waals surface area contributed by atoms with Gasteiger partial charge in [0, 0.05) is 34.7 Å². The number of sulfonamides is 1. The minimum absolute atomic E-state index is 0.109. The first-order chi connectivity index (χ1) is 18.8. The molecule has 0 bridgehead atoms. The maximum atomic E-state index is 13.3. The maximum absolute atomic E-state index is 13.3. The van der Waals surface area contributed by atoms with Crippen LogP contribution >= 0.6 is 11.6 Å². The van der Waals surface area contributed by atoms with E-state index in [-0.39, 0.29) is 17.1 Å². The van der Waals surface area contributed by atoms with Crippen LogP contribution in [0.4, 0.5) is 0 Å². The Morgan fingerprint density at radius 3 is 2.00 bits per heavy atom. The number of hydrogen-bond acceptors (Lipinski definition) is 4. The molecule has 6 nitrogen and oxygen atoms in total. The molecule has 0 aliphatic carbocycles. The van der Waals surface area contributed by atoms with E-state index < -0.39 is 16.0 Å². The van der Waals surface area contributed by atoms with Gasteiger partial charge in [-0.25, -0.2) is 13.1 Å². The molecule has 0 saturated carbocycles. The predicted octanol–water partition coefficient (Wildman–Crippen LogP) is 7.50. The molecule has 3 rings (SSSR count). The Hall–Kier alpha value is -3.00. The Labute approximate surface area is 236 Å². The van der Waals surface area contributed by atoms with Crippen LogP contribution in [0, 0.1) is 0 Å². The van der Waals surface area contributed by atoms with Crippen LogP contribution in [-0.2, 0) is 14.8 Å². The van der Waals surface area contributed by atoms with E-state index in [9.17, 15) is 18.0 Å². The smallest absolute Gasteiger partial charge is 0.303 e. The summed E-state index contributed by atoms with van der Waals surface area (Å²) in [5, 5.41) is 9.13. The van der Waals surface area contributed by atoms with Crippen LogP contribution in [0.15, 0.2) is 77.7 Å². The normalized spacial score (nSPS) is 11.4. The van der Waals surface area contributed by atoms with Gasteiger partial charge in [0.2, 0.25) is 10.0 Å². The number of nitrogens with one attached hydrogen (secondary N) is 1. The van der Waals surface area contributed by atoms with Gasteiger partial charge in [0.25, 0.3) is 0 Å². The fourth-order valence-electron chi connectivity index (χ4n) is 4.47. The van der Waals surface area contributed by atoms with Gasteiger partial charge in [-0.2, -0.15) is 0 Å². The van der Waals surface area contributed by atoms with Crippen LogP contribution in [0.3, 0.4) is 0 Å². The third kappa shape index (κ3) is 9.92. The van der Waals surface area contributed by atoms with E-state index in [0.29, 0.717) is 33.8 Å². The number of rotatable bonds is 17. The minimum Gasteiger partial charge on any atom is -0.481 e. The highest BCUT2D eigenvalue weighted by atomic mass is 35.5. The van der Waals surface area contributed by atoms with E-state index in [4.69, 9.17) is 16.7 Å². The third-order valence-electron chi connectivity index (χ3n) is 6.56. The molecule has 0 fully saturated rings. The largest absolute Gasteiger partial charge is 0.481 e. The first-order valence-corrected chi connectivity index (χ1v) is 15.4. The molecule has 8 heteroatoms. The zero-order chi connectivity index (χ0) is 28.1. The average molecular weight is 570 g/mol. The van der Waals surface area contributed by atoms with E-state index in [0.717, 1.165) is 57.8 Å². The molecule has 3 aromatic carbocycles. The number of unbranched alkanes of at least 4 members (excludes halogenated alkanes) is 8. The fraction of sp³-hybridized carbons (Fsp3) is 0.355. The van der Waals surface area contributed by atoms with Crippen LogP contribution in [0.5, 0.6) is 0 Å². The molecule has 0 radical (unpaired) electrons. The lowest BCUT2D eigenvalue weighted by Gasteiger charge is -2.14. The Morgan fingerprint density at radius 1 is 0.718 bits per heavy atom. The van der Waals surface area contributed by atoms with Gasteiger partial charge in [0.1, 0.15) is 0 Å². The van der Waals surface area contributed by atoms with Crippen molar-refractivity contribution in [3.05, 3.63) is 88.9 Å². The third-order valence-corrected chi connectivity index (χ3v) is 8.32. The number of ketones is 1. The monoisotopic (exact) mass is 569 g/mol. The van der Waals surface area contributed by atoms with Crippen LogP contribution < -0.4 is 4.72 Å². The van der Waals surface area contributed by atoms with E-state index in [1.165, 1.54) is 6.07 Å². The first kappa shape index (κ1) is 30.5. The van der Waals surface area contributed by atoms with Crippen LogP contribution in [-0.4, -0.2) is 31.8 Å². The molecular weight excluding hydrogens is 534 g/mol. The standard InChI is InChI=1S/C31H36ClNO5S/c32-27-17-13-16-25(22-27)28-23-26(31(36)24-14-9-8-10-15-24)19-20-29(28)39(37,38)33-21-12-7-5-3-1-2-4-6-11-18-30(34)35/h8-10,13-17,19-20,22-23,33H,1-7,11-12,18,21H2,(H,34,35). The molecule has 0 aliphatic heterocycles. The van der Waals surface area contributed by atoms with Gasteiger partial charge in [-0.15, -0.1) is 0 Å². The minimum atomic E-state index is -3.82. The van der Waals surface area contributed by atoms with Gasteiger partial charge in [-0.3, -0.25) is 9.59 Å². The molecule has 0 aromatic heterocycles. The summed E-state index contributed by atoms with van der Waals surface area (Å²) in [5.74, 6) is -0.919. The summed E-state index contributed by atoms with van der Waals surface area (Å²) < 4.78 is 29.3. The van der Waals surface area contributed by atoms with Gasteiger partial charge < -0.3 is 5.11 Å². The van der Waals surface area contributed by atoms with Crippen molar-refractivity contribution in [1.82, 2.24) is 4.72 Å². The van der Waals surface area contributed by atoms with Crippen molar-refractivity contribution < 1.29 is 23.1 Å². The van der Waals surface area contributed by atoms with Crippen molar-refractivity contribution in [2.75, 3.05) is 6.54 Å². The summed E-state index contributed by atoms with van der Waals surface area (Å²) >= 11 is 6.20. The van der Waals surface area contributed by atoms with Crippen molar-refractivity contribution in [2.45, 2.75) is 69.1 Å². The van der Waals surface area contributed by atoms with Crippen molar-refractivity contribution >= 4 is 33.4 Å². The molecule has 0 saturated heterocycles. The molecular formula is C31H36ClNO5S. The lowest BCUT2D eigenvalue weighted by Crippen LogP contribution is -2.25. The van der Waals surface area contributed by atoms with Gasteiger partial charge >= 0.3 is 5.97 Å². The number of carbonyl (C=O) groups is 2. The fourth-order valence-corrected chi connectivity index (χ4v) is 5.94. The Kier molecular flexibility index (Phi) is 12.2. The van der Waals surface area contributed by atoms with Crippen molar-refractivity contribution in [1.29, 1.82) is 0 Å². The SMILES string of the molecule is O=C(O)CCCCCCCCCCCNS(=O)(=O)c1ccc(C(=O)c2ccccc2)cc1-c1cccc(Cl)c1. The van der Waals surface area contributed by atoms with Gasteiger partial charge in [-0.05, 0) is 48.7 Å². The summed E-state index contributed by atoms with van der Waals surface area (Å²) in [6.07, 6.45) is 8.96. The topological polar surface area (TPSA) is 101 Å². The molecule has 0 atom stereocenters. The number of halogens is 1. The number of carbonyl (C=O) groups excluding carboxylic acids is 1. The van der Waals surface area contributed by atoms with Crippen LogP contribution in [0.2, 0.25) is 5.02 Å². The van der Waals surface area contributed by atoms with Gasteiger partial charge in [-0.1, -0.05) is 99.0 Å². The predicted molar refractivity (Wildman–Crippen MR) is 156 cm³/mol. The zero-order valence-corrected chi connectivity index (χ0v) is 23.6.